The molecule has 0 saturated heterocycles. The van der Waals surface area contributed by atoms with Crippen LogP contribution in [-0.2, 0) is 14.3 Å². The van der Waals surface area contributed by atoms with Gasteiger partial charge in [-0.1, -0.05) is 0 Å². The number of pyridine rings is 1. The van der Waals surface area contributed by atoms with Crippen molar-refractivity contribution < 1.29 is 37.0 Å². The average molecular weight is 439 g/mol. The number of nitrogens with zero attached hydrogens (tertiary/aromatic N) is 2. The van der Waals surface area contributed by atoms with Gasteiger partial charge in [-0.15, -0.1) is 13.2 Å². The molecule has 1 aromatic heterocycles. The van der Waals surface area contributed by atoms with E-state index < -0.39 is 24.1 Å². The lowest BCUT2D eigenvalue weighted by molar-refractivity contribution is -0.274. The topological polar surface area (TPSA) is 90.0 Å². The Hall–Kier alpha value is -3.34. The second-order valence-corrected chi connectivity index (χ2v) is 6.61. The fourth-order valence-electron chi connectivity index (χ4n) is 3.00. The molecule has 2 aromatic rings. The molecule has 166 valence electrons. The van der Waals surface area contributed by atoms with Crippen LogP contribution in [0.15, 0.2) is 42.6 Å². The quantitative estimate of drug-likeness (QED) is 0.636. The maximum absolute atomic E-state index is 13.2. The summed E-state index contributed by atoms with van der Waals surface area (Å²) < 4.78 is 51.6. The lowest BCUT2D eigenvalue weighted by Gasteiger charge is -2.31. The third kappa shape index (κ3) is 6.07. The van der Waals surface area contributed by atoms with Crippen molar-refractivity contribution in [2.45, 2.75) is 25.3 Å². The largest absolute Gasteiger partial charge is 0.573 e. The van der Waals surface area contributed by atoms with Gasteiger partial charge in [0.1, 0.15) is 18.0 Å². The van der Waals surface area contributed by atoms with Crippen LogP contribution in [0.4, 0.5) is 24.7 Å². The molecule has 1 unspecified atom stereocenters. The van der Waals surface area contributed by atoms with E-state index in [1.807, 2.05) is 0 Å². The van der Waals surface area contributed by atoms with Crippen molar-refractivity contribution in [1.29, 1.82) is 0 Å². The molecular weight excluding hydrogens is 419 g/mol. The minimum absolute atomic E-state index is 0.174. The van der Waals surface area contributed by atoms with Crippen molar-refractivity contribution >= 4 is 23.3 Å². The van der Waals surface area contributed by atoms with E-state index in [2.05, 4.69) is 15.0 Å². The summed E-state index contributed by atoms with van der Waals surface area (Å²) >= 11 is 0. The molecule has 0 radical (unpaired) electrons. The highest BCUT2D eigenvalue weighted by molar-refractivity contribution is 6.10. The lowest BCUT2D eigenvalue weighted by atomic mass is 10.1. The number of carbonyl (C=O) groups excluding carboxylic acids is 2. The van der Waals surface area contributed by atoms with Gasteiger partial charge < -0.3 is 19.5 Å². The van der Waals surface area contributed by atoms with Gasteiger partial charge >= 0.3 is 6.36 Å². The first-order chi connectivity index (χ1) is 14.8. The number of methoxy groups -OCH3 is 1. The van der Waals surface area contributed by atoms with E-state index in [0.717, 1.165) is 12.1 Å². The molecule has 0 bridgehead atoms. The Labute approximate surface area is 175 Å². The van der Waals surface area contributed by atoms with Crippen molar-refractivity contribution in [1.82, 2.24) is 4.98 Å². The Bertz CT molecular complexity index is 921. The Morgan fingerprint density at radius 3 is 2.61 bits per heavy atom. The SMILES string of the molecule is COCCCC(Oc1ccc(OC(F)(F)F)cc1)C(=O)N1CC(=O)Nc2cccnc21. The summed E-state index contributed by atoms with van der Waals surface area (Å²) in [5.41, 5.74) is 0.399. The molecule has 0 aliphatic carbocycles. The van der Waals surface area contributed by atoms with Crippen molar-refractivity contribution in [2.24, 2.45) is 0 Å². The lowest BCUT2D eigenvalue weighted by Crippen LogP contribution is -2.48. The summed E-state index contributed by atoms with van der Waals surface area (Å²) in [4.78, 5) is 30.7. The second kappa shape index (κ2) is 9.65. The zero-order valence-corrected chi connectivity index (χ0v) is 16.5. The molecule has 1 aromatic carbocycles. The standard InChI is InChI=1S/C20H20F3N3O5/c1-29-11-3-5-16(30-13-6-8-14(9-7-13)31-20(21,22)23)19(28)26-12-17(27)25-15-4-2-10-24-18(15)26/h2,4,6-10,16H,3,5,11-12H2,1H3,(H,25,27). The van der Waals surface area contributed by atoms with Gasteiger partial charge in [0.05, 0.1) is 5.69 Å². The molecule has 0 saturated carbocycles. The Morgan fingerprint density at radius 2 is 1.94 bits per heavy atom. The number of benzene rings is 1. The minimum atomic E-state index is -4.81. The molecule has 1 aliphatic heterocycles. The summed E-state index contributed by atoms with van der Waals surface area (Å²) in [5.74, 6) is -0.818. The molecule has 0 spiro atoms. The molecule has 0 fully saturated rings. The fourth-order valence-corrected chi connectivity index (χ4v) is 3.00. The van der Waals surface area contributed by atoms with E-state index in [9.17, 15) is 22.8 Å². The van der Waals surface area contributed by atoms with E-state index in [-0.39, 0.29) is 24.6 Å². The summed E-state index contributed by atoms with van der Waals surface area (Å²) in [6.07, 6.45) is -3.58. The predicted molar refractivity (Wildman–Crippen MR) is 104 cm³/mol. The third-order valence-electron chi connectivity index (χ3n) is 4.31. The highest BCUT2D eigenvalue weighted by atomic mass is 19.4. The van der Waals surface area contributed by atoms with Crippen LogP contribution < -0.4 is 19.7 Å². The molecule has 3 rings (SSSR count). The number of nitrogens with one attached hydrogen (secondary N) is 1. The monoisotopic (exact) mass is 439 g/mol. The van der Waals surface area contributed by atoms with Gasteiger partial charge in [-0.25, -0.2) is 4.98 Å². The number of ether oxygens (including phenoxy) is 3. The van der Waals surface area contributed by atoms with Gasteiger partial charge in [-0.05, 0) is 49.2 Å². The van der Waals surface area contributed by atoms with E-state index >= 15 is 0 Å². The van der Waals surface area contributed by atoms with Crippen LogP contribution in [0.25, 0.3) is 0 Å². The maximum Gasteiger partial charge on any atom is 0.573 e. The van der Waals surface area contributed by atoms with Crippen LogP contribution >= 0.6 is 0 Å². The zero-order valence-electron chi connectivity index (χ0n) is 16.5. The van der Waals surface area contributed by atoms with Gasteiger partial charge in [-0.2, -0.15) is 0 Å². The Balaban J connectivity index is 1.79. The van der Waals surface area contributed by atoms with Crippen molar-refractivity contribution in [2.75, 3.05) is 30.5 Å². The normalized spacial score (nSPS) is 14.5. The van der Waals surface area contributed by atoms with Gasteiger partial charge in [0.15, 0.2) is 11.9 Å². The Kier molecular flexibility index (Phi) is 6.95. The molecule has 31 heavy (non-hydrogen) atoms. The number of aromatic nitrogens is 1. The maximum atomic E-state index is 13.2. The summed E-state index contributed by atoms with van der Waals surface area (Å²) in [6, 6.07) is 7.97. The van der Waals surface area contributed by atoms with Crippen molar-refractivity contribution in [3.8, 4) is 11.5 Å². The summed E-state index contributed by atoms with van der Waals surface area (Å²) in [6.45, 7) is 0.145. The number of carbonyl (C=O) groups is 2. The predicted octanol–water partition coefficient (Wildman–Crippen LogP) is 3.14. The number of hydrogen-bond acceptors (Lipinski definition) is 6. The first-order valence-electron chi connectivity index (χ1n) is 9.34. The number of fused-ring (bicyclic) bond motifs is 1. The Morgan fingerprint density at radius 1 is 1.23 bits per heavy atom. The van der Waals surface area contributed by atoms with Crippen LogP contribution in [0.5, 0.6) is 11.5 Å². The van der Waals surface area contributed by atoms with Crippen LogP contribution in [0, 0.1) is 0 Å². The van der Waals surface area contributed by atoms with Crippen LogP contribution in [0.2, 0.25) is 0 Å². The van der Waals surface area contributed by atoms with Gasteiger partial charge in [0, 0.05) is 19.9 Å². The van der Waals surface area contributed by atoms with Gasteiger partial charge in [0.25, 0.3) is 5.91 Å². The highest BCUT2D eigenvalue weighted by Gasteiger charge is 2.34. The summed E-state index contributed by atoms with van der Waals surface area (Å²) in [5, 5.41) is 2.65. The number of alkyl halides is 3. The first kappa shape index (κ1) is 22.3. The fraction of sp³-hybridized carbons (Fsp3) is 0.350. The van der Waals surface area contributed by atoms with Crippen LogP contribution in [0.1, 0.15) is 12.8 Å². The highest BCUT2D eigenvalue weighted by Crippen LogP contribution is 2.29. The molecule has 1 atom stereocenters. The molecule has 2 amide bonds. The smallest absolute Gasteiger partial charge is 0.481 e. The number of halogens is 3. The van der Waals surface area contributed by atoms with E-state index in [1.165, 1.54) is 30.3 Å². The summed E-state index contributed by atoms with van der Waals surface area (Å²) in [7, 11) is 1.52. The van der Waals surface area contributed by atoms with E-state index in [1.54, 1.807) is 12.1 Å². The second-order valence-electron chi connectivity index (χ2n) is 6.61. The zero-order chi connectivity index (χ0) is 22.4. The molecule has 11 heteroatoms. The molecule has 8 nitrogen and oxygen atoms in total. The molecular formula is C20H20F3N3O5. The van der Waals surface area contributed by atoms with E-state index in [4.69, 9.17) is 9.47 Å². The third-order valence-corrected chi connectivity index (χ3v) is 4.31. The average Bonchev–Trinajstić information content (AvgIpc) is 2.72. The van der Waals surface area contributed by atoms with Gasteiger partial charge in [-0.3, -0.25) is 14.5 Å². The first-order valence-corrected chi connectivity index (χ1v) is 9.34. The minimum Gasteiger partial charge on any atom is -0.481 e. The van der Waals surface area contributed by atoms with Crippen LogP contribution in [-0.4, -0.2) is 49.5 Å². The number of anilines is 2. The molecule has 1 aliphatic rings. The van der Waals surface area contributed by atoms with E-state index in [0.29, 0.717) is 24.5 Å². The number of hydrogen-bond donors (Lipinski definition) is 1. The molecule has 2 heterocycles. The number of amides is 2. The number of rotatable bonds is 8. The van der Waals surface area contributed by atoms with Crippen molar-refractivity contribution in [3.63, 3.8) is 0 Å². The van der Waals surface area contributed by atoms with Crippen molar-refractivity contribution in [3.05, 3.63) is 42.6 Å². The van der Waals surface area contributed by atoms with Crippen LogP contribution in [0.3, 0.4) is 0 Å². The molecule has 1 N–H and O–H groups in total. The van der Waals surface area contributed by atoms with Gasteiger partial charge in [0.2, 0.25) is 5.91 Å².